The number of aryl methyl sites for hydroxylation is 1. The van der Waals surface area contributed by atoms with Crippen molar-refractivity contribution in [1.82, 2.24) is 15.0 Å². The fraction of sp³-hybridized carbons (Fsp3) is 0.250. The second-order valence-corrected chi connectivity index (χ2v) is 6.49. The zero-order chi connectivity index (χ0) is 19.2. The Bertz CT molecular complexity index is 912. The molecule has 27 heavy (non-hydrogen) atoms. The van der Waals surface area contributed by atoms with Gasteiger partial charge in [0.25, 0.3) is 0 Å². The molecule has 0 aliphatic rings. The number of benzene rings is 2. The van der Waals surface area contributed by atoms with E-state index in [1.165, 1.54) is 12.1 Å². The van der Waals surface area contributed by atoms with Gasteiger partial charge < -0.3 is 9.42 Å². The van der Waals surface area contributed by atoms with Crippen molar-refractivity contribution < 1.29 is 13.7 Å². The van der Waals surface area contributed by atoms with Gasteiger partial charge in [0.05, 0.1) is 0 Å². The number of hydrogen-bond acceptors (Lipinski definition) is 4. The molecule has 0 spiro atoms. The highest BCUT2D eigenvalue weighted by atomic mass is 35.5. The van der Waals surface area contributed by atoms with Crippen molar-refractivity contribution >= 4 is 17.5 Å². The van der Waals surface area contributed by atoms with E-state index in [0.29, 0.717) is 36.2 Å². The SMILES string of the molecule is CCN(Cc1cccc(F)c1)C(=O)CCc1nc(-c2ccc(Cl)cc2)no1. The molecule has 0 fully saturated rings. The second kappa shape index (κ2) is 8.77. The van der Waals surface area contributed by atoms with E-state index in [1.807, 2.05) is 6.92 Å². The Balaban J connectivity index is 1.58. The number of aromatic nitrogens is 2. The van der Waals surface area contributed by atoms with Gasteiger partial charge in [0.2, 0.25) is 17.6 Å². The summed E-state index contributed by atoms with van der Waals surface area (Å²) >= 11 is 5.87. The van der Waals surface area contributed by atoms with Gasteiger partial charge in [-0.25, -0.2) is 4.39 Å². The van der Waals surface area contributed by atoms with Gasteiger partial charge in [0.1, 0.15) is 5.82 Å². The fourth-order valence-electron chi connectivity index (χ4n) is 2.68. The van der Waals surface area contributed by atoms with Crippen molar-refractivity contribution in [2.24, 2.45) is 0 Å². The van der Waals surface area contributed by atoms with Gasteiger partial charge in [-0.15, -0.1) is 0 Å². The van der Waals surface area contributed by atoms with E-state index in [9.17, 15) is 9.18 Å². The maximum atomic E-state index is 13.3. The first-order valence-electron chi connectivity index (χ1n) is 8.66. The van der Waals surface area contributed by atoms with Gasteiger partial charge in [-0.3, -0.25) is 4.79 Å². The fourth-order valence-corrected chi connectivity index (χ4v) is 2.80. The van der Waals surface area contributed by atoms with Crippen molar-refractivity contribution in [3.63, 3.8) is 0 Å². The van der Waals surface area contributed by atoms with Crippen LogP contribution in [-0.2, 0) is 17.8 Å². The summed E-state index contributed by atoms with van der Waals surface area (Å²) in [5, 5.41) is 4.57. The van der Waals surface area contributed by atoms with Crippen LogP contribution in [0, 0.1) is 5.82 Å². The molecule has 140 valence electrons. The smallest absolute Gasteiger partial charge is 0.227 e. The molecule has 1 heterocycles. The highest BCUT2D eigenvalue weighted by Gasteiger charge is 2.15. The summed E-state index contributed by atoms with van der Waals surface area (Å²) in [7, 11) is 0. The Kier molecular flexibility index (Phi) is 6.19. The molecule has 0 aliphatic carbocycles. The molecule has 0 bridgehead atoms. The largest absolute Gasteiger partial charge is 0.339 e. The third kappa shape index (κ3) is 5.14. The normalized spacial score (nSPS) is 10.8. The van der Waals surface area contributed by atoms with Crippen LogP contribution in [0.5, 0.6) is 0 Å². The highest BCUT2D eigenvalue weighted by Crippen LogP contribution is 2.19. The second-order valence-electron chi connectivity index (χ2n) is 6.06. The number of nitrogens with zero attached hydrogens (tertiary/aromatic N) is 3. The molecule has 5 nitrogen and oxygen atoms in total. The standard InChI is InChI=1S/C20H19ClFN3O2/c1-2-25(13-14-4-3-5-17(22)12-14)19(26)11-10-18-23-20(24-27-18)15-6-8-16(21)9-7-15/h3-9,12H,2,10-11,13H2,1H3. The third-order valence-electron chi connectivity index (χ3n) is 4.12. The Morgan fingerprint density at radius 1 is 1.22 bits per heavy atom. The van der Waals surface area contributed by atoms with Crippen LogP contribution >= 0.6 is 11.6 Å². The summed E-state index contributed by atoms with van der Waals surface area (Å²) in [4.78, 5) is 18.5. The molecule has 0 saturated carbocycles. The molecule has 0 unspecified atom stereocenters. The van der Waals surface area contributed by atoms with E-state index in [-0.39, 0.29) is 18.1 Å². The zero-order valence-electron chi connectivity index (χ0n) is 14.9. The number of amides is 1. The topological polar surface area (TPSA) is 59.2 Å². The van der Waals surface area contributed by atoms with Crippen molar-refractivity contribution in [3.8, 4) is 11.4 Å². The molecular formula is C20H19ClFN3O2. The highest BCUT2D eigenvalue weighted by molar-refractivity contribution is 6.30. The number of hydrogen-bond donors (Lipinski definition) is 0. The van der Waals surface area contributed by atoms with Crippen LogP contribution in [0.2, 0.25) is 5.02 Å². The first kappa shape index (κ1) is 19.0. The van der Waals surface area contributed by atoms with Crippen molar-refractivity contribution in [2.75, 3.05) is 6.54 Å². The minimum Gasteiger partial charge on any atom is -0.339 e. The summed E-state index contributed by atoms with van der Waals surface area (Å²) in [6.45, 7) is 2.80. The summed E-state index contributed by atoms with van der Waals surface area (Å²) in [6, 6.07) is 13.4. The van der Waals surface area contributed by atoms with E-state index in [1.54, 1.807) is 41.3 Å². The molecule has 0 N–H and O–H groups in total. The monoisotopic (exact) mass is 387 g/mol. The molecular weight excluding hydrogens is 369 g/mol. The summed E-state index contributed by atoms with van der Waals surface area (Å²) < 4.78 is 18.6. The van der Waals surface area contributed by atoms with Crippen molar-refractivity contribution in [1.29, 1.82) is 0 Å². The molecule has 0 radical (unpaired) electrons. The number of rotatable bonds is 7. The Hall–Kier alpha value is -2.73. The first-order chi connectivity index (χ1) is 13.0. The van der Waals surface area contributed by atoms with E-state index in [4.69, 9.17) is 16.1 Å². The predicted molar refractivity (Wildman–Crippen MR) is 101 cm³/mol. The van der Waals surface area contributed by atoms with Gasteiger partial charge in [0, 0.05) is 36.5 Å². The van der Waals surface area contributed by atoms with Crippen LogP contribution in [0.4, 0.5) is 4.39 Å². The van der Waals surface area contributed by atoms with Crippen LogP contribution in [0.3, 0.4) is 0 Å². The van der Waals surface area contributed by atoms with Gasteiger partial charge in [-0.1, -0.05) is 28.9 Å². The number of halogens is 2. The number of carbonyl (C=O) groups excluding carboxylic acids is 1. The molecule has 3 aromatic rings. The lowest BCUT2D eigenvalue weighted by molar-refractivity contribution is -0.131. The average molecular weight is 388 g/mol. The van der Waals surface area contributed by atoms with E-state index >= 15 is 0 Å². The maximum absolute atomic E-state index is 13.3. The summed E-state index contributed by atoms with van der Waals surface area (Å²) in [5.74, 6) is 0.501. The van der Waals surface area contributed by atoms with E-state index in [0.717, 1.165) is 11.1 Å². The van der Waals surface area contributed by atoms with Gasteiger partial charge in [-0.05, 0) is 48.9 Å². The lowest BCUT2D eigenvalue weighted by Gasteiger charge is -2.20. The maximum Gasteiger partial charge on any atom is 0.227 e. The van der Waals surface area contributed by atoms with Crippen molar-refractivity contribution in [2.45, 2.75) is 26.3 Å². The average Bonchev–Trinajstić information content (AvgIpc) is 3.14. The lowest BCUT2D eigenvalue weighted by Crippen LogP contribution is -2.30. The van der Waals surface area contributed by atoms with Crippen molar-refractivity contribution in [3.05, 3.63) is 70.8 Å². The summed E-state index contributed by atoms with van der Waals surface area (Å²) in [5.41, 5.74) is 1.55. The summed E-state index contributed by atoms with van der Waals surface area (Å²) in [6.07, 6.45) is 0.588. The molecule has 1 amide bonds. The molecule has 0 aliphatic heterocycles. The molecule has 3 rings (SSSR count). The third-order valence-corrected chi connectivity index (χ3v) is 4.37. The minimum atomic E-state index is -0.309. The minimum absolute atomic E-state index is 0.0481. The van der Waals surface area contributed by atoms with Gasteiger partial charge >= 0.3 is 0 Å². The van der Waals surface area contributed by atoms with Gasteiger partial charge in [-0.2, -0.15) is 4.98 Å². The molecule has 7 heteroatoms. The quantitative estimate of drug-likeness (QED) is 0.598. The Labute approximate surface area is 161 Å². The number of carbonyl (C=O) groups is 1. The van der Waals surface area contributed by atoms with Crippen LogP contribution in [0.15, 0.2) is 53.1 Å². The molecule has 0 saturated heterocycles. The molecule has 1 aromatic heterocycles. The van der Waals surface area contributed by atoms with Crippen LogP contribution in [-0.4, -0.2) is 27.5 Å². The molecule has 0 atom stereocenters. The first-order valence-corrected chi connectivity index (χ1v) is 9.03. The predicted octanol–water partition coefficient (Wildman–Crippen LogP) is 4.51. The van der Waals surface area contributed by atoms with Crippen LogP contribution in [0.25, 0.3) is 11.4 Å². The van der Waals surface area contributed by atoms with E-state index < -0.39 is 0 Å². The van der Waals surface area contributed by atoms with Gasteiger partial charge in [0.15, 0.2) is 0 Å². The Morgan fingerprint density at radius 3 is 2.70 bits per heavy atom. The molecule has 2 aromatic carbocycles. The van der Waals surface area contributed by atoms with E-state index in [2.05, 4.69) is 10.1 Å². The van der Waals surface area contributed by atoms with Crippen LogP contribution in [0.1, 0.15) is 24.8 Å². The lowest BCUT2D eigenvalue weighted by atomic mass is 10.2. The zero-order valence-corrected chi connectivity index (χ0v) is 15.6. The van der Waals surface area contributed by atoms with Crippen LogP contribution < -0.4 is 0 Å². The Morgan fingerprint density at radius 2 is 2.00 bits per heavy atom.